The lowest BCUT2D eigenvalue weighted by molar-refractivity contribution is -0.119. The number of hydrogen-bond acceptors (Lipinski definition) is 4. The summed E-state index contributed by atoms with van der Waals surface area (Å²) in [4.78, 5) is 14.9. The molecule has 0 bridgehead atoms. The Bertz CT molecular complexity index is 660. The standard InChI is InChI=1S/C17H22N4O2S.HI/c1-19-17(21-10-14-7-9-24-12-14)20-8-6-13-2-4-15(5-3-13)23-11-16(18)22;/h2-5,7,9,12H,6,8,10-11H2,1H3,(H2,18,22)(H2,19,20,21);1H. The molecule has 0 radical (unpaired) electrons. The van der Waals surface area contributed by atoms with Crippen molar-refractivity contribution in [2.75, 3.05) is 20.2 Å². The Kier molecular flexibility index (Phi) is 9.93. The summed E-state index contributed by atoms with van der Waals surface area (Å²) in [7, 11) is 1.76. The second kappa shape index (κ2) is 11.7. The number of rotatable bonds is 8. The Morgan fingerprint density at radius 1 is 1.20 bits per heavy atom. The minimum atomic E-state index is -0.482. The molecule has 0 aliphatic rings. The van der Waals surface area contributed by atoms with Gasteiger partial charge in [0.05, 0.1) is 0 Å². The van der Waals surface area contributed by atoms with Crippen LogP contribution in [0.4, 0.5) is 0 Å². The normalized spacial score (nSPS) is 10.7. The molecule has 1 amide bonds. The molecule has 0 spiro atoms. The third-order valence-electron chi connectivity index (χ3n) is 3.27. The van der Waals surface area contributed by atoms with Gasteiger partial charge in [-0.25, -0.2) is 0 Å². The lowest BCUT2D eigenvalue weighted by atomic mass is 10.1. The average Bonchev–Trinajstić information content (AvgIpc) is 3.10. The second-order valence-corrected chi connectivity index (χ2v) is 5.91. The van der Waals surface area contributed by atoms with Crippen LogP contribution in [0.5, 0.6) is 5.75 Å². The highest BCUT2D eigenvalue weighted by atomic mass is 127. The molecule has 0 aliphatic carbocycles. The fourth-order valence-electron chi connectivity index (χ4n) is 2.03. The summed E-state index contributed by atoms with van der Waals surface area (Å²) >= 11 is 1.68. The fraction of sp³-hybridized carbons (Fsp3) is 0.294. The molecule has 25 heavy (non-hydrogen) atoms. The van der Waals surface area contributed by atoms with Gasteiger partial charge in [0.15, 0.2) is 12.6 Å². The molecule has 1 heterocycles. The highest BCUT2D eigenvalue weighted by Crippen LogP contribution is 2.12. The van der Waals surface area contributed by atoms with Crippen molar-refractivity contribution in [2.45, 2.75) is 13.0 Å². The monoisotopic (exact) mass is 474 g/mol. The predicted molar refractivity (Wildman–Crippen MR) is 113 cm³/mol. The fourth-order valence-corrected chi connectivity index (χ4v) is 2.70. The molecule has 8 heteroatoms. The van der Waals surface area contributed by atoms with Gasteiger partial charge in [-0.15, -0.1) is 24.0 Å². The Hall–Kier alpha value is -1.81. The summed E-state index contributed by atoms with van der Waals surface area (Å²) < 4.78 is 5.23. The van der Waals surface area contributed by atoms with Gasteiger partial charge in [0, 0.05) is 20.1 Å². The number of thiophene rings is 1. The number of halogens is 1. The molecule has 0 saturated carbocycles. The van der Waals surface area contributed by atoms with Crippen molar-refractivity contribution in [1.82, 2.24) is 10.6 Å². The minimum absolute atomic E-state index is 0. The van der Waals surface area contributed by atoms with Crippen molar-refractivity contribution in [2.24, 2.45) is 10.7 Å². The van der Waals surface area contributed by atoms with E-state index in [0.29, 0.717) is 5.75 Å². The molecule has 6 nitrogen and oxygen atoms in total. The molecule has 136 valence electrons. The van der Waals surface area contributed by atoms with E-state index in [9.17, 15) is 4.79 Å². The molecule has 1 aromatic carbocycles. The molecule has 2 rings (SSSR count). The minimum Gasteiger partial charge on any atom is -0.484 e. The maximum absolute atomic E-state index is 10.7. The highest BCUT2D eigenvalue weighted by molar-refractivity contribution is 14.0. The number of guanidine groups is 1. The van der Waals surface area contributed by atoms with Gasteiger partial charge >= 0.3 is 0 Å². The van der Waals surface area contributed by atoms with Gasteiger partial charge in [-0.05, 0) is 46.5 Å². The molecule has 0 atom stereocenters. The van der Waals surface area contributed by atoms with Gasteiger partial charge in [-0.1, -0.05) is 12.1 Å². The Balaban J connectivity index is 0.00000312. The topological polar surface area (TPSA) is 88.7 Å². The molecule has 0 fully saturated rings. The Labute approximate surface area is 168 Å². The maximum Gasteiger partial charge on any atom is 0.255 e. The van der Waals surface area contributed by atoms with Gasteiger partial charge in [0.1, 0.15) is 5.75 Å². The molecular formula is C17H23IN4O2S. The van der Waals surface area contributed by atoms with Crippen molar-refractivity contribution in [3.05, 3.63) is 52.2 Å². The first-order valence-corrected chi connectivity index (χ1v) is 8.57. The van der Waals surface area contributed by atoms with Crippen LogP contribution in [0.25, 0.3) is 0 Å². The van der Waals surface area contributed by atoms with Crippen LogP contribution in [0.3, 0.4) is 0 Å². The predicted octanol–water partition coefficient (Wildman–Crippen LogP) is 2.14. The molecule has 4 N–H and O–H groups in total. The van der Waals surface area contributed by atoms with Gasteiger partial charge in [0.25, 0.3) is 5.91 Å². The summed E-state index contributed by atoms with van der Waals surface area (Å²) in [6.45, 7) is 1.42. The number of amides is 1. The second-order valence-electron chi connectivity index (χ2n) is 5.13. The van der Waals surface area contributed by atoms with Crippen LogP contribution in [-0.2, 0) is 17.8 Å². The average molecular weight is 474 g/mol. The largest absolute Gasteiger partial charge is 0.484 e. The van der Waals surface area contributed by atoms with E-state index in [-0.39, 0.29) is 30.6 Å². The van der Waals surface area contributed by atoms with E-state index in [1.807, 2.05) is 24.3 Å². The number of nitrogens with zero attached hydrogens (tertiary/aromatic N) is 1. The number of ether oxygens (including phenoxy) is 1. The van der Waals surface area contributed by atoms with Crippen LogP contribution in [0, 0.1) is 0 Å². The van der Waals surface area contributed by atoms with E-state index in [0.717, 1.165) is 25.5 Å². The number of carbonyl (C=O) groups excluding carboxylic acids is 1. The lowest BCUT2D eigenvalue weighted by Crippen LogP contribution is -2.37. The third kappa shape index (κ3) is 8.21. The Morgan fingerprint density at radius 2 is 1.96 bits per heavy atom. The van der Waals surface area contributed by atoms with E-state index in [4.69, 9.17) is 10.5 Å². The van der Waals surface area contributed by atoms with Crippen LogP contribution in [0.2, 0.25) is 0 Å². The third-order valence-corrected chi connectivity index (χ3v) is 4.01. The zero-order chi connectivity index (χ0) is 17.2. The number of benzene rings is 1. The van der Waals surface area contributed by atoms with Crippen molar-refractivity contribution in [3.63, 3.8) is 0 Å². The number of carbonyl (C=O) groups is 1. The summed E-state index contributed by atoms with van der Waals surface area (Å²) in [6.07, 6.45) is 0.856. The molecule has 0 unspecified atom stereocenters. The van der Waals surface area contributed by atoms with E-state index < -0.39 is 5.91 Å². The maximum atomic E-state index is 10.7. The van der Waals surface area contributed by atoms with E-state index in [2.05, 4.69) is 32.5 Å². The molecular weight excluding hydrogens is 451 g/mol. The van der Waals surface area contributed by atoms with E-state index in [1.54, 1.807) is 18.4 Å². The van der Waals surface area contributed by atoms with Gasteiger partial charge in [0.2, 0.25) is 0 Å². The van der Waals surface area contributed by atoms with Crippen molar-refractivity contribution < 1.29 is 9.53 Å². The van der Waals surface area contributed by atoms with Crippen molar-refractivity contribution >= 4 is 47.2 Å². The number of primary amides is 1. The SMILES string of the molecule is CN=C(NCCc1ccc(OCC(N)=O)cc1)NCc1ccsc1.I. The number of nitrogens with two attached hydrogens (primary N) is 1. The summed E-state index contributed by atoms with van der Waals surface area (Å²) in [5, 5.41) is 10.7. The molecule has 2 aromatic rings. The quantitative estimate of drug-likeness (QED) is 0.311. The van der Waals surface area contributed by atoms with Gasteiger partial charge < -0.3 is 21.1 Å². The van der Waals surface area contributed by atoms with Crippen LogP contribution >= 0.6 is 35.3 Å². The van der Waals surface area contributed by atoms with Crippen molar-refractivity contribution in [3.8, 4) is 5.75 Å². The van der Waals surface area contributed by atoms with Gasteiger partial charge in [-0.3, -0.25) is 9.79 Å². The first-order chi connectivity index (χ1) is 11.7. The molecule has 0 saturated heterocycles. The summed E-state index contributed by atoms with van der Waals surface area (Å²) in [5.74, 6) is 0.936. The highest BCUT2D eigenvalue weighted by Gasteiger charge is 2.01. The van der Waals surface area contributed by atoms with Gasteiger partial charge in [-0.2, -0.15) is 11.3 Å². The smallest absolute Gasteiger partial charge is 0.255 e. The number of hydrogen-bond donors (Lipinski definition) is 3. The van der Waals surface area contributed by atoms with E-state index >= 15 is 0 Å². The first-order valence-electron chi connectivity index (χ1n) is 7.63. The van der Waals surface area contributed by atoms with Crippen LogP contribution in [0.1, 0.15) is 11.1 Å². The molecule has 1 aromatic heterocycles. The van der Waals surface area contributed by atoms with Crippen LogP contribution < -0.4 is 21.1 Å². The number of aliphatic imine (C=N–C) groups is 1. The van der Waals surface area contributed by atoms with Crippen LogP contribution in [0.15, 0.2) is 46.1 Å². The van der Waals surface area contributed by atoms with E-state index in [1.165, 1.54) is 11.1 Å². The van der Waals surface area contributed by atoms with Crippen LogP contribution in [-0.4, -0.2) is 32.1 Å². The summed E-state index contributed by atoms with van der Waals surface area (Å²) in [6, 6.07) is 9.70. The molecule has 0 aliphatic heterocycles. The zero-order valence-corrected chi connectivity index (χ0v) is 17.2. The summed E-state index contributed by atoms with van der Waals surface area (Å²) in [5.41, 5.74) is 7.46. The first kappa shape index (κ1) is 21.2. The Morgan fingerprint density at radius 3 is 2.56 bits per heavy atom. The van der Waals surface area contributed by atoms with Crippen molar-refractivity contribution in [1.29, 1.82) is 0 Å². The lowest BCUT2D eigenvalue weighted by Gasteiger charge is -2.11. The number of nitrogens with one attached hydrogen (secondary N) is 2. The zero-order valence-electron chi connectivity index (χ0n) is 14.0.